The number of alkyl halides is 6. The highest BCUT2D eigenvalue weighted by atomic mass is 19.4. The van der Waals surface area contributed by atoms with Crippen molar-refractivity contribution in [3.63, 3.8) is 0 Å². The van der Waals surface area contributed by atoms with E-state index in [4.69, 9.17) is 24.1 Å². The van der Waals surface area contributed by atoms with Gasteiger partial charge in [0.05, 0.1) is 60.8 Å². The molecule has 1 amide bonds. The fraction of sp³-hybridized carbons (Fsp3) is 0.469. The van der Waals surface area contributed by atoms with E-state index in [1.54, 1.807) is 12.1 Å². The summed E-state index contributed by atoms with van der Waals surface area (Å²) in [5.74, 6) is -0.830. The first-order valence-corrected chi connectivity index (χ1v) is 15.4. The van der Waals surface area contributed by atoms with Crippen LogP contribution in [0.5, 0.6) is 11.6 Å². The van der Waals surface area contributed by atoms with Crippen LogP contribution in [0.25, 0.3) is 0 Å². The number of rotatable bonds is 14. The Labute approximate surface area is 282 Å². The Kier molecular flexibility index (Phi) is 12.3. The molecule has 4 rings (SSSR count). The Morgan fingerprint density at radius 2 is 1.70 bits per heavy atom. The van der Waals surface area contributed by atoms with Crippen molar-refractivity contribution in [3.05, 3.63) is 64.6 Å². The number of carbonyl (C=O) groups excluding carboxylic acids is 1. The summed E-state index contributed by atoms with van der Waals surface area (Å²) in [7, 11) is 2.82. The Bertz CT molecular complexity index is 1620. The first-order chi connectivity index (χ1) is 23.6. The van der Waals surface area contributed by atoms with E-state index in [1.807, 2.05) is 6.92 Å². The number of fused-ring (bicyclic) bond motifs is 1. The molecule has 2 N–H and O–H groups in total. The number of nitrogens with one attached hydrogen (secondary N) is 1. The molecule has 0 radical (unpaired) electrons. The lowest BCUT2D eigenvalue weighted by atomic mass is 9.93. The molecule has 3 heterocycles. The van der Waals surface area contributed by atoms with Crippen LogP contribution < -0.4 is 19.7 Å². The summed E-state index contributed by atoms with van der Waals surface area (Å²) in [5.41, 5.74) is -2.54. The topological polar surface area (TPSA) is 145 Å². The molecule has 12 nitrogen and oxygen atoms in total. The van der Waals surface area contributed by atoms with Crippen molar-refractivity contribution in [2.24, 2.45) is 0 Å². The third-order valence-corrected chi connectivity index (χ3v) is 7.67. The molecule has 1 aliphatic rings. The summed E-state index contributed by atoms with van der Waals surface area (Å²) in [5, 5.41) is 12.0. The molecule has 18 heteroatoms. The number of amides is 1. The number of ether oxygens (including phenoxy) is 4. The van der Waals surface area contributed by atoms with Crippen molar-refractivity contribution < 1.29 is 60.0 Å². The predicted octanol–water partition coefficient (Wildman–Crippen LogP) is 6.68. The fourth-order valence-corrected chi connectivity index (χ4v) is 5.31. The number of nitrogens with zero attached hydrogens (tertiary/aromatic N) is 4. The van der Waals surface area contributed by atoms with Gasteiger partial charge in [0.25, 0.3) is 0 Å². The number of hydrogen-bond donors (Lipinski definition) is 2. The van der Waals surface area contributed by atoms with Crippen LogP contribution in [-0.2, 0) is 33.0 Å². The molecule has 0 saturated heterocycles. The number of aromatic nitrogens is 3. The third kappa shape index (κ3) is 9.64. The standard InChI is InChI=1S/C32H35F6N5O7/c1-4-21-16-23(28-24(7-8-26(42-28)48-3)43(21)30(46)50-9-5-6-27(44)45)41-29-39-17-25(49-11-10-47-2)22(40-29)14-18-12-19(31(33,34)35)15-20(13-18)32(36,37)38/h7-8,12-13,15,17,21,23H,4-6,9-11,14,16H2,1-3H3,(H,44,45)(H,39,40,41)/t21-,23+/m1/s1. The van der Waals surface area contributed by atoms with Gasteiger partial charge in [0.1, 0.15) is 6.61 Å². The van der Waals surface area contributed by atoms with Gasteiger partial charge in [0, 0.05) is 32.1 Å². The van der Waals surface area contributed by atoms with Crippen LogP contribution in [0.1, 0.15) is 66.7 Å². The first kappa shape index (κ1) is 37.9. The minimum atomic E-state index is -5.04. The summed E-state index contributed by atoms with van der Waals surface area (Å²) < 4.78 is 103. The number of methoxy groups -OCH3 is 2. The molecule has 2 aromatic heterocycles. The van der Waals surface area contributed by atoms with Gasteiger partial charge in [-0.1, -0.05) is 6.92 Å². The molecular weight excluding hydrogens is 680 g/mol. The monoisotopic (exact) mass is 715 g/mol. The van der Waals surface area contributed by atoms with Crippen LogP contribution in [0, 0.1) is 0 Å². The first-order valence-electron chi connectivity index (χ1n) is 15.4. The molecule has 0 aliphatic carbocycles. The highest BCUT2D eigenvalue weighted by Gasteiger charge is 2.39. The Hall–Kier alpha value is -4.87. The minimum Gasteiger partial charge on any atom is -0.488 e. The van der Waals surface area contributed by atoms with E-state index in [0.29, 0.717) is 29.9 Å². The van der Waals surface area contributed by atoms with Crippen molar-refractivity contribution in [1.29, 1.82) is 0 Å². The Balaban J connectivity index is 1.70. The van der Waals surface area contributed by atoms with Crippen LogP contribution in [0.3, 0.4) is 0 Å². The predicted molar refractivity (Wildman–Crippen MR) is 165 cm³/mol. The van der Waals surface area contributed by atoms with Crippen molar-refractivity contribution in [1.82, 2.24) is 15.0 Å². The average molecular weight is 716 g/mol. The van der Waals surface area contributed by atoms with E-state index in [2.05, 4.69) is 20.3 Å². The number of anilines is 2. The second-order valence-corrected chi connectivity index (χ2v) is 11.2. The zero-order valence-electron chi connectivity index (χ0n) is 27.2. The van der Waals surface area contributed by atoms with Gasteiger partial charge in [-0.2, -0.15) is 26.3 Å². The number of benzene rings is 1. The second-order valence-electron chi connectivity index (χ2n) is 11.2. The summed E-state index contributed by atoms with van der Waals surface area (Å²) in [6, 6.07) is 3.36. The van der Waals surface area contributed by atoms with Gasteiger partial charge in [0.15, 0.2) is 5.75 Å². The van der Waals surface area contributed by atoms with Gasteiger partial charge < -0.3 is 29.4 Å². The third-order valence-electron chi connectivity index (χ3n) is 7.67. The molecule has 0 bridgehead atoms. The van der Waals surface area contributed by atoms with E-state index < -0.39 is 54.0 Å². The number of aliphatic carboxylic acids is 1. The number of carboxylic acid groups (broad SMARTS) is 1. The molecule has 2 atom stereocenters. The normalized spacial score (nSPS) is 16.1. The quantitative estimate of drug-likeness (QED) is 0.136. The molecule has 1 aromatic carbocycles. The van der Waals surface area contributed by atoms with Crippen LogP contribution in [0.2, 0.25) is 0 Å². The highest BCUT2D eigenvalue weighted by Crippen LogP contribution is 2.41. The molecule has 0 spiro atoms. The lowest BCUT2D eigenvalue weighted by Gasteiger charge is -2.39. The molecule has 3 aromatic rings. The van der Waals surface area contributed by atoms with Crippen LogP contribution >= 0.6 is 0 Å². The summed E-state index contributed by atoms with van der Waals surface area (Å²) in [6.45, 7) is 1.85. The van der Waals surface area contributed by atoms with Gasteiger partial charge in [-0.3, -0.25) is 9.69 Å². The maximum absolute atomic E-state index is 13.6. The fourth-order valence-electron chi connectivity index (χ4n) is 5.31. The molecular formula is C32H35F6N5O7. The molecule has 0 unspecified atom stereocenters. The largest absolute Gasteiger partial charge is 0.488 e. The number of hydrogen-bond acceptors (Lipinski definition) is 10. The van der Waals surface area contributed by atoms with Crippen molar-refractivity contribution >= 4 is 23.7 Å². The van der Waals surface area contributed by atoms with Gasteiger partial charge in [-0.05, 0) is 49.1 Å². The molecule has 50 heavy (non-hydrogen) atoms. The second kappa shape index (κ2) is 16.2. The summed E-state index contributed by atoms with van der Waals surface area (Å²) in [6.07, 6.45) is -9.35. The van der Waals surface area contributed by atoms with Crippen LogP contribution in [-0.4, -0.2) is 72.2 Å². The zero-order valence-corrected chi connectivity index (χ0v) is 27.2. The van der Waals surface area contributed by atoms with Gasteiger partial charge in [0.2, 0.25) is 11.8 Å². The Morgan fingerprint density at radius 1 is 1.00 bits per heavy atom. The molecule has 1 aliphatic heterocycles. The number of halogens is 6. The maximum Gasteiger partial charge on any atom is 0.416 e. The molecule has 0 saturated carbocycles. The molecule has 272 valence electrons. The lowest BCUT2D eigenvalue weighted by molar-refractivity contribution is -0.143. The number of carbonyl (C=O) groups is 2. The van der Waals surface area contributed by atoms with Gasteiger partial charge in [-0.25, -0.2) is 19.7 Å². The van der Waals surface area contributed by atoms with E-state index in [9.17, 15) is 35.9 Å². The van der Waals surface area contributed by atoms with Crippen molar-refractivity contribution in [3.8, 4) is 11.6 Å². The van der Waals surface area contributed by atoms with E-state index in [0.717, 1.165) is 0 Å². The van der Waals surface area contributed by atoms with E-state index >= 15 is 0 Å². The van der Waals surface area contributed by atoms with E-state index in [1.165, 1.54) is 25.3 Å². The zero-order chi connectivity index (χ0) is 36.6. The summed E-state index contributed by atoms with van der Waals surface area (Å²) in [4.78, 5) is 38.8. The SMILES string of the molecule is CC[C@@H]1C[C@H](Nc2ncc(OCCOC)c(Cc3cc(C(F)(F)F)cc(C(F)(F)F)c3)n2)c2nc(OC)ccc2N1C(=O)OCCCC(=O)O. The smallest absolute Gasteiger partial charge is 0.416 e. The maximum atomic E-state index is 13.6. The molecule has 0 fully saturated rings. The highest BCUT2D eigenvalue weighted by molar-refractivity contribution is 5.90. The van der Waals surface area contributed by atoms with Crippen molar-refractivity contribution in [2.75, 3.05) is 44.3 Å². The lowest BCUT2D eigenvalue weighted by Crippen LogP contribution is -2.46. The van der Waals surface area contributed by atoms with E-state index in [-0.39, 0.29) is 74.0 Å². The average Bonchev–Trinajstić information content (AvgIpc) is 3.06. The summed E-state index contributed by atoms with van der Waals surface area (Å²) >= 11 is 0. The van der Waals surface area contributed by atoms with Crippen LogP contribution in [0.15, 0.2) is 36.5 Å². The number of carboxylic acids is 1. The van der Waals surface area contributed by atoms with Crippen LogP contribution in [0.4, 0.5) is 42.8 Å². The number of pyridine rings is 1. The minimum absolute atomic E-state index is 0.000655. The van der Waals surface area contributed by atoms with Crippen molar-refractivity contribution in [2.45, 2.75) is 63.5 Å². The van der Waals surface area contributed by atoms with Gasteiger partial charge >= 0.3 is 24.4 Å². The van der Waals surface area contributed by atoms with Gasteiger partial charge in [-0.15, -0.1) is 0 Å². The Morgan fingerprint density at radius 3 is 2.30 bits per heavy atom.